The van der Waals surface area contributed by atoms with Crippen LogP contribution in [0.1, 0.15) is 12.5 Å². The van der Waals surface area contributed by atoms with Gasteiger partial charge in [-0.3, -0.25) is 0 Å². The third-order valence-electron chi connectivity index (χ3n) is 4.13. The number of rotatable bonds is 8. The lowest BCUT2D eigenvalue weighted by Gasteiger charge is -2.12. The van der Waals surface area contributed by atoms with Crippen LogP contribution in [0.15, 0.2) is 41.5 Å². The van der Waals surface area contributed by atoms with Gasteiger partial charge in [-0.2, -0.15) is 14.9 Å². The molecule has 8 nitrogen and oxygen atoms in total. The number of ether oxygens (including phenoxy) is 4. The first-order valence-electron chi connectivity index (χ1n) is 8.86. The van der Waals surface area contributed by atoms with Gasteiger partial charge in [0.15, 0.2) is 5.82 Å². The molecule has 0 saturated heterocycles. The van der Waals surface area contributed by atoms with Crippen molar-refractivity contribution in [2.45, 2.75) is 6.92 Å². The van der Waals surface area contributed by atoms with Gasteiger partial charge in [-0.05, 0) is 43.4 Å². The second-order valence-electron chi connectivity index (χ2n) is 5.81. The minimum atomic E-state index is 0.358. The monoisotopic (exact) mass is 414 g/mol. The molecule has 0 aliphatic rings. The SMILES string of the molecule is CCOc1ccc(-c2n[nH]c(=S)n2/N=C/c2c(OC)cc(OC)cc2OC)cc1. The molecule has 0 fully saturated rings. The highest BCUT2D eigenvalue weighted by molar-refractivity contribution is 7.71. The summed E-state index contributed by atoms with van der Waals surface area (Å²) in [4.78, 5) is 0. The maximum atomic E-state index is 5.48. The van der Waals surface area contributed by atoms with E-state index in [1.54, 1.807) is 39.7 Å². The molecule has 3 rings (SSSR count). The molecule has 0 amide bonds. The van der Waals surface area contributed by atoms with E-state index in [1.807, 2.05) is 31.2 Å². The minimum Gasteiger partial charge on any atom is -0.496 e. The summed E-state index contributed by atoms with van der Waals surface area (Å²) < 4.78 is 23.6. The van der Waals surface area contributed by atoms with Gasteiger partial charge in [0, 0.05) is 17.7 Å². The number of H-pyrrole nitrogens is 1. The van der Waals surface area contributed by atoms with Gasteiger partial charge in [0.2, 0.25) is 4.77 Å². The molecule has 0 bridgehead atoms. The first-order chi connectivity index (χ1) is 14.1. The van der Waals surface area contributed by atoms with Crippen LogP contribution < -0.4 is 18.9 Å². The lowest BCUT2D eigenvalue weighted by molar-refractivity contribution is 0.340. The van der Waals surface area contributed by atoms with Gasteiger partial charge in [0.05, 0.1) is 39.7 Å². The lowest BCUT2D eigenvalue weighted by Crippen LogP contribution is -2.00. The summed E-state index contributed by atoms with van der Waals surface area (Å²) in [5.41, 5.74) is 1.49. The standard InChI is InChI=1S/C20H22N4O4S/c1-5-28-14-8-6-13(7-9-14)19-22-23-20(29)24(19)21-12-16-17(26-3)10-15(25-2)11-18(16)27-4/h6-12H,5H2,1-4H3,(H,23,29)/b21-12+. The average molecular weight is 414 g/mol. The summed E-state index contributed by atoms with van der Waals surface area (Å²) in [7, 11) is 4.72. The third kappa shape index (κ3) is 4.40. The van der Waals surface area contributed by atoms with Gasteiger partial charge in [0.1, 0.15) is 23.0 Å². The van der Waals surface area contributed by atoms with E-state index in [0.29, 0.717) is 40.0 Å². The van der Waals surface area contributed by atoms with Crippen LogP contribution in [0.5, 0.6) is 23.0 Å². The van der Waals surface area contributed by atoms with Crippen molar-refractivity contribution in [3.63, 3.8) is 0 Å². The molecule has 0 spiro atoms. The molecule has 1 N–H and O–H groups in total. The molecule has 29 heavy (non-hydrogen) atoms. The quantitative estimate of drug-likeness (QED) is 0.444. The van der Waals surface area contributed by atoms with Crippen molar-refractivity contribution in [3.8, 4) is 34.4 Å². The van der Waals surface area contributed by atoms with Crippen LogP contribution in [0.2, 0.25) is 0 Å². The van der Waals surface area contributed by atoms with Crippen LogP contribution in [0.3, 0.4) is 0 Å². The van der Waals surface area contributed by atoms with Crippen molar-refractivity contribution < 1.29 is 18.9 Å². The topological polar surface area (TPSA) is 82.9 Å². The Morgan fingerprint density at radius 2 is 1.69 bits per heavy atom. The Balaban J connectivity index is 2.01. The second-order valence-corrected chi connectivity index (χ2v) is 6.20. The molecule has 0 unspecified atom stereocenters. The summed E-state index contributed by atoms with van der Waals surface area (Å²) in [5, 5.41) is 11.6. The highest BCUT2D eigenvalue weighted by Crippen LogP contribution is 2.32. The Hall–Kier alpha value is -3.33. The van der Waals surface area contributed by atoms with Gasteiger partial charge in [-0.15, -0.1) is 0 Å². The van der Waals surface area contributed by atoms with E-state index >= 15 is 0 Å². The fraction of sp³-hybridized carbons (Fsp3) is 0.250. The summed E-state index contributed by atoms with van der Waals surface area (Å²) in [6.45, 7) is 2.55. The predicted molar refractivity (Wildman–Crippen MR) is 113 cm³/mol. The van der Waals surface area contributed by atoms with E-state index in [0.717, 1.165) is 11.3 Å². The van der Waals surface area contributed by atoms with Crippen LogP contribution in [-0.4, -0.2) is 49.0 Å². The second kappa shape index (κ2) is 9.24. The number of methoxy groups -OCH3 is 3. The highest BCUT2D eigenvalue weighted by Gasteiger charge is 2.13. The van der Waals surface area contributed by atoms with Crippen LogP contribution >= 0.6 is 12.2 Å². The van der Waals surface area contributed by atoms with Gasteiger partial charge >= 0.3 is 0 Å². The minimum absolute atomic E-state index is 0.358. The Labute approximate surface area is 173 Å². The van der Waals surface area contributed by atoms with Crippen molar-refractivity contribution >= 4 is 18.4 Å². The van der Waals surface area contributed by atoms with E-state index in [9.17, 15) is 0 Å². The summed E-state index contributed by atoms with van der Waals surface area (Å²) in [6, 6.07) is 11.1. The van der Waals surface area contributed by atoms with Crippen molar-refractivity contribution in [1.82, 2.24) is 14.9 Å². The smallest absolute Gasteiger partial charge is 0.216 e. The van der Waals surface area contributed by atoms with Crippen LogP contribution in [0, 0.1) is 4.77 Å². The molecule has 0 radical (unpaired) electrons. The molecule has 0 aliphatic carbocycles. The lowest BCUT2D eigenvalue weighted by atomic mass is 10.2. The third-order valence-corrected chi connectivity index (χ3v) is 4.39. The molecule has 1 heterocycles. The number of aromatic amines is 1. The number of nitrogens with zero attached hydrogens (tertiary/aromatic N) is 3. The molecule has 1 aromatic heterocycles. The number of hydrogen-bond donors (Lipinski definition) is 1. The zero-order chi connectivity index (χ0) is 20.8. The molecule has 0 saturated carbocycles. The normalized spacial score (nSPS) is 10.9. The fourth-order valence-electron chi connectivity index (χ4n) is 2.73. The zero-order valence-electron chi connectivity index (χ0n) is 16.6. The van der Waals surface area contributed by atoms with Gasteiger partial charge in [0.25, 0.3) is 0 Å². The zero-order valence-corrected chi connectivity index (χ0v) is 17.4. The Bertz CT molecular complexity index is 1030. The van der Waals surface area contributed by atoms with Gasteiger partial charge in [-0.25, -0.2) is 5.10 Å². The Morgan fingerprint density at radius 3 is 2.24 bits per heavy atom. The molecule has 2 aromatic carbocycles. The van der Waals surface area contributed by atoms with Crippen LogP contribution in [-0.2, 0) is 0 Å². The van der Waals surface area contributed by atoms with E-state index in [2.05, 4.69) is 15.3 Å². The summed E-state index contributed by atoms with van der Waals surface area (Å²) in [6.07, 6.45) is 1.61. The molecular formula is C20H22N4O4S. The number of hydrogen-bond acceptors (Lipinski definition) is 7. The number of benzene rings is 2. The van der Waals surface area contributed by atoms with Crippen LogP contribution in [0.25, 0.3) is 11.4 Å². The van der Waals surface area contributed by atoms with Crippen molar-refractivity contribution in [2.75, 3.05) is 27.9 Å². The molecule has 152 valence electrons. The average Bonchev–Trinajstić information content (AvgIpc) is 3.12. The van der Waals surface area contributed by atoms with Crippen molar-refractivity contribution in [2.24, 2.45) is 5.10 Å². The van der Waals surface area contributed by atoms with Gasteiger partial charge in [-0.1, -0.05) is 0 Å². The molecule has 0 atom stereocenters. The maximum absolute atomic E-state index is 5.48. The summed E-state index contributed by atoms with van der Waals surface area (Å²) >= 11 is 5.34. The number of nitrogens with one attached hydrogen (secondary N) is 1. The maximum Gasteiger partial charge on any atom is 0.216 e. The molecular weight excluding hydrogens is 392 g/mol. The van der Waals surface area contributed by atoms with Crippen molar-refractivity contribution in [3.05, 3.63) is 46.7 Å². The van der Waals surface area contributed by atoms with E-state index in [-0.39, 0.29) is 0 Å². The first-order valence-corrected chi connectivity index (χ1v) is 9.27. The molecule has 9 heteroatoms. The Kier molecular flexibility index (Phi) is 6.50. The van der Waals surface area contributed by atoms with Crippen LogP contribution in [0.4, 0.5) is 0 Å². The number of aromatic nitrogens is 3. The highest BCUT2D eigenvalue weighted by atomic mass is 32.1. The van der Waals surface area contributed by atoms with Crippen molar-refractivity contribution in [1.29, 1.82) is 0 Å². The van der Waals surface area contributed by atoms with Gasteiger partial charge < -0.3 is 18.9 Å². The van der Waals surface area contributed by atoms with E-state index in [1.165, 1.54) is 4.68 Å². The first kappa shape index (κ1) is 20.4. The largest absolute Gasteiger partial charge is 0.496 e. The summed E-state index contributed by atoms with van der Waals surface area (Å²) in [5.74, 6) is 3.09. The fourth-order valence-corrected chi connectivity index (χ4v) is 2.91. The Morgan fingerprint density at radius 1 is 1.03 bits per heavy atom. The van der Waals surface area contributed by atoms with E-state index in [4.69, 9.17) is 31.2 Å². The molecule has 3 aromatic rings. The predicted octanol–water partition coefficient (Wildman–Crippen LogP) is 3.91. The van der Waals surface area contributed by atoms with E-state index < -0.39 is 0 Å². The molecule has 0 aliphatic heterocycles.